The van der Waals surface area contributed by atoms with Crippen molar-refractivity contribution in [2.45, 2.75) is 6.54 Å². The van der Waals surface area contributed by atoms with Crippen molar-refractivity contribution in [3.05, 3.63) is 94.3 Å². The smallest absolute Gasteiger partial charge is 0.349 e. The van der Waals surface area contributed by atoms with Gasteiger partial charge in [-0.3, -0.25) is 4.79 Å². The van der Waals surface area contributed by atoms with Gasteiger partial charge in [0.05, 0.1) is 0 Å². The lowest BCUT2D eigenvalue weighted by atomic mass is 10.0. The quantitative estimate of drug-likeness (QED) is 0.413. The Morgan fingerprint density at radius 1 is 0.923 bits per heavy atom. The van der Waals surface area contributed by atoms with Gasteiger partial charge in [0.2, 0.25) is 0 Å². The molecule has 3 aromatic carbocycles. The molecular weight excluding hydrogens is 326 g/mol. The highest BCUT2D eigenvalue weighted by atomic mass is 16.4. The highest BCUT2D eigenvalue weighted by Crippen LogP contribution is 2.25. The molecule has 4 rings (SSSR count). The number of carbonyl (C=O) groups excluding carboxylic acids is 1. The van der Waals surface area contributed by atoms with E-state index in [-0.39, 0.29) is 11.5 Å². The Balaban J connectivity index is 1.78. The third-order valence-corrected chi connectivity index (χ3v) is 4.48. The summed E-state index contributed by atoms with van der Waals surface area (Å²) in [5, 5.41) is 2.75. The molecule has 0 spiro atoms. The van der Waals surface area contributed by atoms with Gasteiger partial charge in [-0.1, -0.05) is 60.7 Å². The van der Waals surface area contributed by atoms with E-state index in [2.05, 4.69) is 0 Å². The second-order valence-corrected chi connectivity index (χ2v) is 6.29. The van der Waals surface area contributed by atoms with Crippen LogP contribution >= 0.6 is 0 Å². The SMILES string of the molecule is CN(Cc1ccccc1)C(=O)c1cc2c(ccc3ccccc32)oc1=O. The average Bonchev–Trinajstić information content (AvgIpc) is 2.67. The molecule has 0 unspecified atom stereocenters. The van der Waals surface area contributed by atoms with Crippen LogP contribution in [-0.4, -0.2) is 17.9 Å². The van der Waals surface area contributed by atoms with Crippen molar-refractivity contribution in [1.82, 2.24) is 4.90 Å². The number of hydrogen-bond donors (Lipinski definition) is 0. The molecule has 128 valence electrons. The molecule has 0 atom stereocenters. The summed E-state index contributed by atoms with van der Waals surface area (Å²) in [6, 6.07) is 22.8. The predicted octanol–water partition coefficient (Wildman–Crippen LogP) is 4.22. The third kappa shape index (κ3) is 2.86. The first-order valence-corrected chi connectivity index (χ1v) is 8.38. The molecule has 0 N–H and O–H groups in total. The standard InChI is InChI=1S/C22H17NO3/c1-23(14-15-7-3-2-4-8-15)21(24)19-13-18-17-10-6-5-9-16(17)11-12-20(18)26-22(19)25/h2-13H,14H2,1H3. The van der Waals surface area contributed by atoms with E-state index < -0.39 is 5.63 Å². The lowest BCUT2D eigenvalue weighted by Crippen LogP contribution is -2.30. The highest BCUT2D eigenvalue weighted by Gasteiger charge is 2.18. The van der Waals surface area contributed by atoms with Gasteiger partial charge in [0.1, 0.15) is 11.1 Å². The van der Waals surface area contributed by atoms with Gasteiger partial charge in [-0.2, -0.15) is 0 Å². The zero-order valence-corrected chi connectivity index (χ0v) is 14.3. The zero-order valence-electron chi connectivity index (χ0n) is 14.3. The lowest BCUT2D eigenvalue weighted by molar-refractivity contribution is 0.0781. The molecule has 4 aromatic rings. The molecule has 4 nitrogen and oxygen atoms in total. The van der Waals surface area contributed by atoms with Crippen molar-refractivity contribution in [2.24, 2.45) is 0 Å². The molecule has 0 aliphatic carbocycles. The van der Waals surface area contributed by atoms with Crippen LogP contribution in [0.25, 0.3) is 21.7 Å². The second-order valence-electron chi connectivity index (χ2n) is 6.29. The number of carbonyl (C=O) groups is 1. The van der Waals surface area contributed by atoms with E-state index in [9.17, 15) is 9.59 Å². The van der Waals surface area contributed by atoms with Gasteiger partial charge in [-0.15, -0.1) is 0 Å². The molecule has 0 fully saturated rings. The summed E-state index contributed by atoms with van der Waals surface area (Å²) >= 11 is 0. The summed E-state index contributed by atoms with van der Waals surface area (Å²) in [7, 11) is 1.68. The predicted molar refractivity (Wildman–Crippen MR) is 102 cm³/mol. The van der Waals surface area contributed by atoms with Crippen LogP contribution in [0.3, 0.4) is 0 Å². The van der Waals surface area contributed by atoms with Gasteiger partial charge >= 0.3 is 5.63 Å². The Hall–Kier alpha value is -3.40. The molecule has 0 aliphatic heterocycles. The van der Waals surface area contributed by atoms with Gasteiger partial charge in [0.25, 0.3) is 5.91 Å². The van der Waals surface area contributed by atoms with Crippen molar-refractivity contribution in [3.8, 4) is 0 Å². The van der Waals surface area contributed by atoms with Gasteiger partial charge in [-0.25, -0.2) is 4.79 Å². The Kier molecular flexibility index (Phi) is 4.01. The number of amides is 1. The normalized spacial score (nSPS) is 11.0. The van der Waals surface area contributed by atoms with E-state index in [4.69, 9.17) is 4.42 Å². The largest absolute Gasteiger partial charge is 0.422 e. The summed E-state index contributed by atoms with van der Waals surface area (Å²) in [4.78, 5) is 26.7. The molecule has 4 heteroatoms. The Labute approximate surface area is 150 Å². The van der Waals surface area contributed by atoms with Crippen molar-refractivity contribution in [2.75, 3.05) is 7.05 Å². The fraction of sp³-hybridized carbons (Fsp3) is 0.0909. The van der Waals surface area contributed by atoms with Crippen LogP contribution in [0.15, 0.2) is 82.0 Å². The number of hydrogen-bond acceptors (Lipinski definition) is 3. The summed E-state index contributed by atoms with van der Waals surface area (Å²) in [5.74, 6) is -0.350. The Morgan fingerprint density at radius 3 is 2.46 bits per heavy atom. The molecule has 0 saturated carbocycles. The van der Waals surface area contributed by atoms with Crippen LogP contribution < -0.4 is 5.63 Å². The molecule has 0 saturated heterocycles. The Bertz CT molecular complexity index is 1160. The summed E-state index contributed by atoms with van der Waals surface area (Å²) in [5.41, 5.74) is 0.917. The van der Waals surface area contributed by atoms with E-state index in [0.717, 1.165) is 21.7 Å². The molecule has 0 bridgehead atoms. The summed E-state index contributed by atoms with van der Waals surface area (Å²) < 4.78 is 5.42. The minimum atomic E-state index is -0.613. The minimum absolute atomic E-state index is 0.0484. The molecule has 0 radical (unpaired) electrons. The number of rotatable bonds is 3. The first-order valence-electron chi connectivity index (χ1n) is 8.38. The number of fused-ring (bicyclic) bond motifs is 3. The molecule has 26 heavy (non-hydrogen) atoms. The maximum absolute atomic E-state index is 12.8. The fourth-order valence-electron chi connectivity index (χ4n) is 3.16. The maximum Gasteiger partial charge on any atom is 0.349 e. The second kappa shape index (κ2) is 6.48. The van der Waals surface area contributed by atoms with E-state index in [1.165, 1.54) is 4.90 Å². The highest BCUT2D eigenvalue weighted by molar-refractivity contribution is 6.07. The van der Waals surface area contributed by atoms with Crippen LogP contribution in [0.4, 0.5) is 0 Å². The van der Waals surface area contributed by atoms with Gasteiger partial charge in [0.15, 0.2) is 0 Å². The monoisotopic (exact) mass is 343 g/mol. The van der Waals surface area contributed by atoms with Gasteiger partial charge < -0.3 is 9.32 Å². The van der Waals surface area contributed by atoms with Crippen LogP contribution in [0, 0.1) is 0 Å². The third-order valence-electron chi connectivity index (χ3n) is 4.48. The first-order chi connectivity index (χ1) is 12.6. The maximum atomic E-state index is 12.8. The van der Waals surface area contributed by atoms with Crippen LogP contribution in [0.1, 0.15) is 15.9 Å². The molecule has 1 amide bonds. The molecule has 1 aromatic heterocycles. The van der Waals surface area contributed by atoms with Crippen molar-refractivity contribution < 1.29 is 9.21 Å². The van der Waals surface area contributed by atoms with Crippen LogP contribution in [0.5, 0.6) is 0 Å². The van der Waals surface area contributed by atoms with E-state index in [0.29, 0.717) is 12.1 Å². The van der Waals surface area contributed by atoms with Gasteiger partial charge in [-0.05, 0) is 28.5 Å². The minimum Gasteiger partial charge on any atom is -0.422 e. The average molecular weight is 343 g/mol. The fourth-order valence-corrected chi connectivity index (χ4v) is 3.16. The van der Waals surface area contributed by atoms with Crippen LogP contribution in [0.2, 0.25) is 0 Å². The van der Waals surface area contributed by atoms with Crippen molar-refractivity contribution in [1.29, 1.82) is 0 Å². The van der Waals surface area contributed by atoms with Gasteiger partial charge in [0, 0.05) is 19.0 Å². The van der Waals surface area contributed by atoms with Crippen LogP contribution in [-0.2, 0) is 6.54 Å². The molecule has 0 aliphatic rings. The molecular formula is C22H17NO3. The number of nitrogens with zero attached hydrogens (tertiary/aromatic N) is 1. The Morgan fingerprint density at radius 2 is 1.65 bits per heavy atom. The topological polar surface area (TPSA) is 50.5 Å². The van der Waals surface area contributed by atoms with E-state index in [1.54, 1.807) is 19.2 Å². The lowest BCUT2D eigenvalue weighted by Gasteiger charge is -2.17. The molecule has 1 heterocycles. The van der Waals surface area contributed by atoms with Crippen molar-refractivity contribution >= 4 is 27.6 Å². The zero-order chi connectivity index (χ0) is 18.1. The van der Waals surface area contributed by atoms with Crippen molar-refractivity contribution in [3.63, 3.8) is 0 Å². The number of benzene rings is 3. The summed E-state index contributed by atoms with van der Waals surface area (Å²) in [6.07, 6.45) is 0. The summed E-state index contributed by atoms with van der Waals surface area (Å²) in [6.45, 7) is 0.423. The van der Waals surface area contributed by atoms with E-state index in [1.807, 2.05) is 60.7 Å². The van der Waals surface area contributed by atoms with E-state index >= 15 is 0 Å². The first kappa shape index (κ1) is 16.1.